The van der Waals surface area contributed by atoms with E-state index in [9.17, 15) is 9.59 Å². The Kier molecular flexibility index (Phi) is 4.82. The van der Waals surface area contributed by atoms with Crippen molar-refractivity contribution in [3.63, 3.8) is 0 Å². The molecule has 1 aromatic rings. The molecule has 1 fully saturated rings. The molecular formula is C15H22N2O3. The van der Waals surface area contributed by atoms with Crippen molar-refractivity contribution in [1.82, 2.24) is 10.2 Å². The maximum atomic E-state index is 12.4. The van der Waals surface area contributed by atoms with Crippen molar-refractivity contribution in [2.45, 2.75) is 45.6 Å². The van der Waals surface area contributed by atoms with Gasteiger partial charge in [0.1, 0.15) is 5.76 Å². The van der Waals surface area contributed by atoms with E-state index in [1.165, 1.54) is 6.26 Å². The van der Waals surface area contributed by atoms with Gasteiger partial charge in [0, 0.05) is 25.6 Å². The highest BCUT2D eigenvalue weighted by molar-refractivity contribution is 5.95. The minimum atomic E-state index is -0.0580. The van der Waals surface area contributed by atoms with E-state index in [1.54, 1.807) is 17.9 Å². The van der Waals surface area contributed by atoms with E-state index in [0.29, 0.717) is 36.9 Å². The summed E-state index contributed by atoms with van der Waals surface area (Å²) in [7, 11) is 0. The summed E-state index contributed by atoms with van der Waals surface area (Å²) in [6.07, 6.45) is 4.91. The highest BCUT2D eigenvalue weighted by Gasteiger charge is 2.24. The fourth-order valence-corrected chi connectivity index (χ4v) is 2.13. The first-order valence-electron chi connectivity index (χ1n) is 7.24. The number of aryl methyl sites for hydroxylation is 1. The highest BCUT2D eigenvalue weighted by atomic mass is 16.3. The third-order valence-electron chi connectivity index (χ3n) is 3.42. The Labute approximate surface area is 119 Å². The average Bonchev–Trinajstić information content (AvgIpc) is 3.12. The minimum Gasteiger partial charge on any atom is -0.469 e. The number of rotatable bonds is 7. The Morgan fingerprint density at radius 3 is 2.70 bits per heavy atom. The zero-order valence-corrected chi connectivity index (χ0v) is 12.1. The second-order valence-corrected chi connectivity index (χ2v) is 5.27. The summed E-state index contributed by atoms with van der Waals surface area (Å²) in [6, 6.07) is 2.05. The molecule has 1 heterocycles. The Hall–Kier alpha value is -1.78. The summed E-state index contributed by atoms with van der Waals surface area (Å²) in [5.41, 5.74) is 0.584. The Bertz CT molecular complexity index is 477. The highest BCUT2D eigenvalue weighted by Crippen LogP contribution is 2.18. The lowest BCUT2D eigenvalue weighted by Gasteiger charge is -2.21. The fraction of sp³-hybridized carbons (Fsp3) is 0.600. The molecule has 0 radical (unpaired) electrons. The Morgan fingerprint density at radius 2 is 2.15 bits per heavy atom. The lowest BCUT2D eigenvalue weighted by molar-refractivity contribution is -0.121. The summed E-state index contributed by atoms with van der Waals surface area (Å²) in [5.74, 6) is 0.598. The first-order valence-corrected chi connectivity index (χ1v) is 7.24. The molecule has 110 valence electrons. The fourth-order valence-electron chi connectivity index (χ4n) is 2.13. The number of nitrogens with zero attached hydrogens (tertiary/aromatic N) is 1. The number of carbonyl (C=O) groups is 2. The quantitative estimate of drug-likeness (QED) is 0.831. The SMILES string of the molecule is CCCN(CCC(=O)NC1CC1)C(=O)c1ccoc1C. The number of hydrogen-bond donors (Lipinski definition) is 1. The number of amides is 2. The molecule has 1 saturated carbocycles. The molecule has 1 N–H and O–H groups in total. The molecule has 0 bridgehead atoms. The monoisotopic (exact) mass is 278 g/mol. The van der Waals surface area contributed by atoms with Crippen molar-refractivity contribution in [3.05, 3.63) is 23.7 Å². The van der Waals surface area contributed by atoms with E-state index in [1.807, 2.05) is 6.92 Å². The largest absolute Gasteiger partial charge is 0.469 e. The summed E-state index contributed by atoms with van der Waals surface area (Å²) in [5, 5.41) is 2.94. The van der Waals surface area contributed by atoms with Gasteiger partial charge in [-0.05, 0) is 32.3 Å². The van der Waals surface area contributed by atoms with Gasteiger partial charge < -0.3 is 14.6 Å². The smallest absolute Gasteiger partial charge is 0.257 e. The van der Waals surface area contributed by atoms with E-state index in [2.05, 4.69) is 5.32 Å². The summed E-state index contributed by atoms with van der Waals surface area (Å²) < 4.78 is 5.17. The van der Waals surface area contributed by atoms with Gasteiger partial charge in [-0.15, -0.1) is 0 Å². The van der Waals surface area contributed by atoms with E-state index in [0.717, 1.165) is 19.3 Å². The number of nitrogens with one attached hydrogen (secondary N) is 1. The normalized spacial score (nSPS) is 14.1. The predicted octanol–water partition coefficient (Wildman–Crippen LogP) is 2.11. The van der Waals surface area contributed by atoms with E-state index < -0.39 is 0 Å². The molecule has 2 amide bonds. The average molecular weight is 278 g/mol. The third kappa shape index (κ3) is 3.85. The van der Waals surface area contributed by atoms with Crippen LogP contribution in [0.3, 0.4) is 0 Å². The van der Waals surface area contributed by atoms with Gasteiger partial charge in [0.25, 0.3) is 5.91 Å². The second-order valence-electron chi connectivity index (χ2n) is 5.27. The lowest BCUT2D eigenvalue weighted by Crippen LogP contribution is -2.36. The maximum absolute atomic E-state index is 12.4. The molecule has 20 heavy (non-hydrogen) atoms. The van der Waals surface area contributed by atoms with Crippen LogP contribution in [0.5, 0.6) is 0 Å². The van der Waals surface area contributed by atoms with Gasteiger partial charge in [-0.25, -0.2) is 0 Å². The van der Waals surface area contributed by atoms with Crippen LogP contribution in [-0.4, -0.2) is 35.8 Å². The lowest BCUT2D eigenvalue weighted by atomic mass is 10.2. The van der Waals surface area contributed by atoms with Crippen LogP contribution in [0, 0.1) is 6.92 Å². The van der Waals surface area contributed by atoms with Gasteiger partial charge in [-0.3, -0.25) is 9.59 Å². The molecule has 5 nitrogen and oxygen atoms in total. The molecule has 0 aromatic carbocycles. The number of furan rings is 1. The molecular weight excluding hydrogens is 256 g/mol. The van der Waals surface area contributed by atoms with Crippen LogP contribution in [0.1, 0.15) is 48.7 Å². The first kappa shape index (κ1) is 14.6. The van der Waals surface area contributed by atoms with Crippen molar-refractivity contribution in [1.29, 1.82) is 0 Å². The summed E-state index contributed by atoms with van der Waals surface area (Å²) in [4.78, 5) is 25.8. The van der Waals surface area contributed by atoms with Crippen LogP contribution >= 0.6 is 0 Å². The van der Waals surface area contributed by atoms with E-state index in [-0.39, 0.29) is 11.8 Å². The molecule has 1 aliphatic rings. The van der Waals surface area contributed by atoms with Crippen molar-refractivity contribution in [2.24, 2.45) is 0 Å². The molecule has 2 rings (SSSR count). The van der Waals surface area contributed by atoms with Crippen molar-refractivity contribution in [2.75, 3.05) is 13.1 Å². The number of carbonyl (C=O) groups excluding carboxylic acids is 2. The van der Waals surface area contributed by atoms with Gasteiger partial charge in [-0.1, -0.05) is 6.92 Å². The molecule has 0 saturated heterocycles. The molecule has 1 aromatic heterocycles. The van der Waals surface area contributed by atoms with Gasteiger partial charge in [0.2, 0.25) is 5.91 Å². The Balaban J connectivity index is 1.90. The van der Waals surface area contributed by atoms with Crippen LogP contribution < -0.4 is 5.32 Å². The second kappa shape index (κ2) is 6.59. The van der Waals surface area contributed by atoms with Crippen LogP contribution in [-0.2, 0) is 4.79 Å². The Morgan fingerprint density at radius 1 is 1.40 bits per heavy atom. The standard InChI is InChI=1S/C15H22N2O3/c1-3-8-17(9-6-14(18)16-12-4-5-12)15(19)13-7-10-20-11(13)2/h7,10,12H,3-6,8-9H2,1-2H3,(H,16,18). The summed E-state index contributed by atoms with van der Waals surface area (Å²) in [6.45, 7) is 4.90. The third-order valence-corrected chi connectivity index (χ3v) is 3.42. The van der Waals surface area contributed by atoms with Gasteiger partial charge >= 0.3 is 0 Å². The minimum absolute atomic E-state index is 0.0327. The topological polar surface area (TPSA) is 62.6 Å². The molecule has 0 aliphatic heterocycles. The van der Waals surface area contributed by atoms with Crippen LogP contribution in [0.2, 0.25) is 0 Å². The zero-order valence-electron chi connectivity index (χ0n) is 12.1. The molecule has 1 aliphatic carbocycles. The summed E-state index contributed by atoms with van der Waals surface area (Å²) >= 11 is 0. The molecule has 0 unspecified atom stereocenters. The van der Waals surface area contributed by atoms with Crippen LogP contribution in [0.4, 0.5) is 0 Å². The van der Waals surface area contributed by atoms with Crippen molar-refractivity contribution < 1.29 is 14.0 Å². The molecule has 0 atom stereocenters. The zero-order chi connectivity index (χ0) is 14.5. The van der Waals surface area contributed by atoms with E-state index in [4.69, 9.17) is 4.42 Å². The maximum Gasteiger partial charge on any atom is 0.257 e. The van der Waals surface area contributed by atoms with Crippen molar-refractivity contribution in [3.8, 4) is 0 Å². The molecule has 5 heteroatoms. The number of hydrogen-bond acceptors (Lipinski definition) is 3. The van der Waals surface area contributed by atoms with Crippen LogP contribution in [0.15, 0.2) is 16.7 Å². The van der Waals surface area contributed by atoms with Gasteiger partial charge in [0.15, 0.2) is 0 Å². The predicted molar refractivity (Wildman–Crippen MR) is 75.4 cm³/mol. The molecule has 0 spiro atoms. The van der Waals surface area contributed by atoms with Crippen LogP contribution in [0.25, 0.3) is 0 Å². The van der Waals surface area contributed by atoms with Gasteiger partial charge in [0.05, 0.1) is 11.8 Å². The van der Waals surface area contributed by atoms with E-state index >= 15 is 0 Å². The first-order chi connectivity index (χ1) is 9.61. The van der Waals surface area contributed by atoms with Crippen molar-refractivity contribution >= 4 is 11.8 Å². The van der Waals surface area contributed by atoms with Gasteiger partial charge in [-0.2, -0.15) is 0 Å².